The zero-order valence-electron chi connectivity index (χ0n) is 14.0. The number of benzene rings is 2. The van der Waals surface area contributed by atoms with E-state index in [0.717, 1.165) is 16.4 Å². The van der Waals surface area contributed by atoms with Gasteiger partial charge in [0.25, 0.3) is 5.91 Å². The van der Waals surface area contributed by atoms with Gasteiger partial charge in [-0.05, 0) is 31.2 Å². The third kappa shape index (κ3) is 4.21. The minimum atomic E-state index is -3.67. The molecule has 1 atom stereocenters. The Bertz CT molecular complexity index is 899. The van der Waals surface area contributed by atoms with Gasteiger partial charge in [0, 0.05) is 31.3 Å². The van der Waals surface area contributed by atoms with Crippen molar-refractivity contribution in [1.82, 2.24) is 9.62 Å². The predicted octanol–water partition coefficient (Wildman–Crippen LogP) is 2.71. The van der Waals surface area contributed by atoms with Crippen LogP contribution in [0.15, 0.2) is 47.4 Å². The fraction of sp³-hybridized carbons (Fsp3) is 0.235. The van der Waals surface area contributed by atoms with Crippen molar-refractivity contribution in [3.63, 3.8) is 0 Å². The summed E-state index contributed by atoms with van der Waals surface area (Å²) >= 11 is 0. The fourth-order valence-corrected chi connectivity index (χ4v) is 3.17. The number of halogens is 2. The van der Waals surface area contributed by atoms with Crippen LogP contribution in [0.4, 0.5) is 8.78 Å². The standard InChI is InChI=1S/C17H18F2N2O3S/c1-11(15-8-7-13(18)10-16(15)19)20-17(22)12-5-4-6-14(9-12)25(23,24)21(2)3/h4-11H,1-3H3,(H,20,22)/t11-/m0/s1. The minimum absolute atomic E-state index is 0.0224. The lowest BCUT2D eigenvalue weighted by Gasteiger charge is -2.16. The molecule has 0 saturated carbocycles. The SMILES string of the molecule is C[C@H](NC(=O)c1cccc(S(=O)(=O)N(C)C)c1)c1ccc(F)cc1F. The van der Waals surface area contributed by atoms with E-state index in [1.165, 1.54) is 44.4 Å². The normalized spacial score (nSPS) is 12.9. The van der Waals surface area contributed by atoms with E-state index >= 15 is 0 Å². The first kappa shape index (κ1) is 19.0. The summed E-state index contributed by atoms with van der Waals surface area (Å²) < 4.78 is 52.1. The number of carbonyl (C=O) groups excluding carboxylic acids is 1. The lowest BCUT2D eigenvalue weighted by molar-refractivity contribution is 0.0939. The Labute approximate surface area is 145 Å². The second kappa shape index (κ2) is 7.28. The Hall–Kier alpha value is -2.32. The highest BCUT2D eigenvalue weighted by molar-refractivity contribution is 7.89. The van der Waals surface area contributed by atoms with E-state index in [0.29, 0.717) is 0 Å². The largest absolute Gasteiger partial charge is 0.345 e. The summed E-state index contributed by atoms with van der Waals surface area (Å²) in [4.78, 5) is 12.3. The van der Waals surface area contributed by atoms with E-state index in [1.807, 2.05) is 0 Å². The average Bonchev–Trinajstić information content (AvgIpc) is 2.54. The Morgan fingerprint density at radius 2 is 1.80 bits per heavy atom. The molecule has 0 bridgehead atoms. The molecule has 0 fully saturated rings. The van der Waals surface area contributed by atoms with E-state index < -0.39 is 33.6 Å². The maximum atomic E-state index is 13.8. The van der Waals surface area contributed by atoms with Crippen LogP contribution in [-0.4, -0.2) is 32.7 Å². The average molecular weight is 368 g/mol. The second-order valence-corrected chi connectivity index (χ2v) is 7.83. The molecule has 0 aromatic heterocycles. The molecule has 8 heteroatoms. The Kier molecular flexibility index (Phi) is 5.54. The number of hydrogen-bond acceptors (Lipinski definition) is 3. The Morgan fingerprint density at radius 1 is 1.12 bits per heavy atom. The smallest absolute Gasteiger partial charge is 0.251 e. The number of hydrogen-bond donors (Lipinski definition) is 1. The first-order valence-electron chi connectivity index (χ1n) is 7.41. The van der Waals surface area contributed by atoms with E-state index in [2.05, 4.69) is 5.32 Å². The summed E-state index contributed by atoms with van der Waals surface area (Å²) in [5.74, 6) is -2.04. The molecular weight excluding hydrogens is 350 g/mol. The van der Waals surface area contributed by atoms with Crippen LogP contribution in [0, 0.1) is 11.6 Å². The zero-order valence-corrected chi connectivity index (χ0v) is 14.8. The Balaban J connectivity index is 2.24. The van der Waals surface area contributed by atoms with Crippen LogP contribution in [0.25, 0.3) is 0 Å². The highest BCUT2D eigenvalue weighted by atomic mass is 32.2. The van der Waals surface area contributed by atoms with Crippen molar-refractivity contribution in [1.29, 1.82) is 0 Å². The van der Waals surface area contributed by atoms with Crippen molar-refractivity contribution >= 4 is 15.9 Å². The van der Waals surface area contributed by atoms with Gasteiger partial charge in [-0.15, -0.1) is 0 Å². The molecule has 2 aromatic rings. The number of nitrogens with one attached hydrogen (secondary N) is 1. The molecule has 5 nitrogen and oxygen atoms in total. The van der Waals surface area contributed by atoms with E-state index in [9.17, 15) is 22.0 Å². The molecular formula is C17H18F2N2O3S. The van der Waals surface area contributed by atoms with Gasteiger partial charge < -0.3 is 5.32 Å². The van der Waals surface area contributed by atoms with Gasteiger partial charge in [-0.3, -0.25) is 4.79 Å². The van der Waals surface area contributed by atoms with Gasteiger partial charge in [0.15, 0.2) is 0 Å². The molecule has 2 aromatic carbocycles. The maximum Gasteiger partial charge on any atom is 0.251 e. The molecule has 0 aliphatic carbocycles. The minimum Gasteiger partial charge on any atom is -0.345 e. The van der Waals surface area contributed by atoms with Crippen LogP contribution in [0.5, 0.6) is 0 Å². The molecule has 0 saturated heterocycles. The molecule has 0 aliphatic heterocycles. The molecule has 134 valence electrons. The Morgan fingerprint density at radius 3 is 2.40 bits per heavy atom. The summed E-state index contributed by atoms with van der Waals surface area (Å²) in [5.41, 5.74) is 0.254. The second-order valence-electron chi connectivity index (χ2n) is 5.68. The highest BCUT2D eigenvalue weighted by Gasteiger charge is 2.20. The number of sulfonamides is 1. The van der Waals surface area contributed by atoms with Gasteiger partial charge >= 0.3 is 0 Å². The number of carbonyl (C=O) groups is 1. The van der Waals surface area contributed by atoms with Crippen LogP contribution in [0.2, 0.25) is 0 Å². The summed E-state index contributed by atoms with van der Waals surface area (Å²) in [6, 6.07) is 7.91. The summed E-state index contributed by atoms with van der Waals surface area (Å²) in [6.45, 7) is 1.55. The van der Waals surface area contributed by atoms with E-state index in [1.54, 1.807) is 6.92 Å². The molecule has 0 aliphatic rings. The quantitative estimate of drug-likeness (QED) is 0.882. The number of amides is 1. The topological polar surface area (TPSA) is 66.5 Å². The molecule has 1 N–H and O–H groups in total. The van der Waals surface area contributed by atoms with Crippen molar-refractivity contribution in [2.45, 2.75) is 17.9 Å². The first-order chi connectivity index (χ1) is 11.6. The first-order valence-corrected chi connectivity index (χ1v) is 8.85. The van der Waals surface area contributed by atoms with Crippen molar-refractivity contribution in [3.8, 4) is 0 Å². The van der Waals surface area contributed by atoms with Gasteiger partial charge in [0.05, 0.1) is 10.9 Å². The van der Waals surface area contributed by atoms with Crippen LogP contribution < -0.4 is 5.32 Å². The molecule has 2 rings (SSSR count). The third-order valence-electron chi connectivity index (χ3n) is 3.65. The van der Waals surface area contributed by atoms with E-state index in [-0.39, 0.29) is 16.0 Å². The number of nitrogens with zero attached hydrogens (tertiary/aromatic N) is 1. The highest BCUT2D eigenvalue weighted by Crippen LogP contribution is 2.19. The summed E-state index contributed by atoms with van der Waals surface area (Å²) in [5, 5.41) is 2.57. The fourth-order valence-electron chi connectivity index (χ4n) is 2.22. The van der Waals surface area contributed by atoms with Gasteiger partial charge in [-0.25, -0.2) is 21.5 Å². The van der Waals surface area contributed by atoms with Crippen LogP contribution in [0.1, 0.15) is 28.9 Å². The predicted molar refractivity (Wildman–Crippen MR) is 89.6 cm³/mol. The van der Waals surface area contributed by atoms with Gasteiger partial charge in [0.1, 0.15) is 11.6 Å². The van der Waals surface area contributed by atoms with Gasteiger partial charge in [-0.1, -0.05) is 12.1 Å². The maximum absolute atomic E-state index is 13.8. The van der Waals surface area contributed by atoms with E-state index in [4.69, 9.17) is 0 Å². The van der Waals surface area contributed by atoms with Crippen LogP contribution in [0.3, 0.4) is 0 Å². The van der Waals surface area contributed by atoms with Crippen LogP contribution >= 0.6 is 0 Å². The molecule has 1 amide bonds. The lowest BCUT2D eigenvalue weighted by Crippen LogP contribution is -2.28. The van der Waals surface area contributed by atoms with Crippen molar-refractivity contribution in [2.24, 2.45) is 0 Å². The molecule has 0 unspecified atom stereocenters. The van der Waals surface area contributed by atoms with Crippen molar-refractivity contribution in [2.75, 3.05) is 14.1 Å². The van der Waals surface area contributed by atoms with Gasteiger partial charge in [-0.2, -0.15) is 0 Å². The zero-order chi connectivity index (χ0) is 18.8. The third-order valence-corrected chi connectivity index (χ3v) is 5.46. The lowest BCUT2D eigenvalue weighted by atomic mass is 10.1. The molecule has 0 heterocycles. The summed E-state index contributed by atoms with van der Waals surface area (Å²) in [7, 11) is -0.893. The monoisotopic (exact) mass is 368 g/mol. The van der Waals surface area contributed by atoms with Crippen LogP contribution in [-0.2, 0) is 10.0 Å². The molecule has 25 heavy (non-hydrogen) atoms. The summed E-state index contributed by atoms with van der Waals surface area (Å²) in [6.07, 6.45) is 0. The molecule has 0 spiro atoms. The van der Waals surface area contributed by atoms with Crippen molar-refractivity contribution in [3.05, 3.63) is 65.2 Å². The van der Waals surface area contributed by atoms with Gasteiger partial charge in [0.2, 0.25) is 10.0 Å². The molecule has 0 radical (unpaired) electrons. The number of rotatable bonds is 5. The van der Waals surface area contributed by atoms with Crippen molar-refractivity contribution < 1.29 is 22.0 Å².